The first kappa shape index (κ1) is 18.8. The largest absolute Gasteiger partial charge is 0.497 e. The van der Waals surface area contributed by atoms with Crippen molar-refractivity contribution >= 4 is 17.7 Å². The maximum absolute atomic E-state index is 12.4. The van der Waals surface area contributed by atoms with E-state index in [0.29, 0.717) is 11.8 Å². The molecule has 1 amide bonds. The molecule has 0 aliphatic carbocycles. The molecule has 2 aromatic carbocycles. The molecule has 25 heavy (non-hydrogen) atoms. The Morgan fingerprint density at radius 2 is 1.52 bits per heavy atom. The van der Waals surface area contributed by atoms with E-state index >= 15 is 0 Å². The van der Waals surface area contributed by atoms with Gasteiger partial charge in [0.1, 0.15) is 5.75 Å². The Bertz CT molecular complexity index is 717. The molecule has 0 aromatic heterocycles. The molecule has 132 valence electrons. The zero-order valence-electron chi connectivity index (χ0n) is 15.7. The summed E-state index contributed by atoms with van der Waals surface area (Å²) < 4.78 is 5.14. The van der Waals surface area contributed by atoms with Crippen LogP contribution in [0.15, 0.2) is 48.5 Å². The van der Waals surface area contributed by atoms with Gasteiger partial charge in [-0.25, -0.2) is 0 Å². The molecule has 0 aliphatic rings. The summed E-state index contributed by atoms with van der Waals surface area (Å²) in [5.74, 6) is 1.37. The molecule has 0 bridgehead atoms. The van der Waals surface area contributed by atoms with Crippen LogP contribution in [0.4, 0.5) is 5.69 Å². The van der Waals surface area contributed by atoms with Crippen molar-refractivity contribution in [1.82, 2.24) is 0 Å². The molecule has 0 spiro atoms. The van der Waals surface area contributed by atoms with E-state index in [4.69, 9.17) is 4.74 Å². The van der Waals surface area contributed by atoms with Gasteiger partial charge in [-0.05, 0) is 46.7 Å². The van der Waals surface area contributed by atoms with Crippen molar-refractivity contribution < 1.29 is 9.53 Å². The number of anilines is 1. The minimum Gasteiger partial charge on any atom is -0.497 e. The van der Waals surface area contributed by atoms with Gasteiger partial charge in [0.25, 0.3) is 0 Å². The standard InChI is InChI=1S/C22H27NO2/c1-15(2)19-7-6-8-20(16(3)4)22(19)23-21(24)14-11-17-9-12-18(25-5)13-10-17/h6-16H,1-5H3,(H,23,24)/b14-11+. The monoisotopic (exact) mass is 337 g/mol. The summed E-state index contributed by atoms with van der Waals surface area (Å²) in [6.45, 7) is 8.56. The van der Waals surface area contributed by atoms with E-state index in [-0.39, 0.29) is 5.91 Å². The molecule has 3 heteroatoms. The Balaban J connectivity index is 2.20. The number of hydrogen-bond acceptors (Lipinski definition) is 2. The van der Waals surface area contributed by atoms with E-state index < -0.39 is 0 Å². The van der Waals surface area contributed by atoms with Crippen LogP contribution in [0.1, 0.15) is 56.2 Å². The molecular formula is C22H27NO2. The van der Waals surface area contributed by atoms with Gasteiger partial charge >= 0.3 is 0 Å². The molecular weight excluding hydrogens is 310 g/mol. The molecule has 2 rings (SSSR count). The first-order valence-electron chi connectivity index (χ1n) is 8.68. The molecule has 0 saturated heterocycles. The average molecular weight is 337 g/mol. The molecule has 0 unspecified atom stereocenters. The lowest BCUT2D eigenvalue weighted by Gasteiger charge is -2.19. The molecule has 2 aromatic rings. The van der Waals surface area contributed by atoms with E-state index in [1.54, 1.807) is 13.2 Å². The fraction of sp³-hybridized carbons (Fsp3) is 0.318. The lowest BCUT2D eigenvalue weighted by atomic mass is 9.92. The third-order valence-corrected chi connectivity index (χ3v) is 4.16. The second-order valence-corrected chi connectivity index (χ2v) is 6.72. The summed E-state index contributed by atoms with van der Waals surface area (Å²) in [5.41, 5.74) is 4.23. The molecule has 0 atom stereocenters. The highest BCUT2D eigenvalue weighted by molar-refractivity contribution is 6.03. The highest BCUT2D eigenvalue weighted by Gasteiger charge is 2.14. The summed E-state index contributed by atoms with van der Waals surface area (Å²) in [4.78, 5) is 12.4. The summed E-state index contributed by atoms with van der Waals surface area (Å²) in [7, 11) is 1.64. The van der Waals surface area contributed by atoms with Crippen molar-refractivity contribution in [2.24, 2.45) is 0 Å². The molecule has 0 fully saturated rings. The Labute approximate surface area is 150 Å². The van der Waals surface area contributed by atoms with Crippen LogP contribution in [0.5, 0.6) is 5.75 Å². The van der Waals surface area contributed by atoms with Gasteiger partial charge in [0.2, 0.25) is 5.91 Å². The number of methoxy groups -OCH3 is 1. The van der Waals surface area contributed by atoms with Crippen LogP contribution in [0.3, 0.4) is 0 Å². The van der Waals surface area contributed by atoms with Crippen LogP contribution in [0.25, 0.3) is 6.08 Å². The van der Waals surface area contributed by atoms with Gasteiger partial charge in [0.15, 0.2) is 0 Å². The number of benzene rings is 2. The van der Waals surface area contributed by atoms with E-state index in [2.05, 4.69) is 51.2 Å². The molecule has 1 N–H and O–H groups in total. The number of nitrogens with one attached hydrogen (secondary N) is 1. The fourth-order valence-electron chi connectivity index (χ4n) is 2.75. The van der Waals surface area contributed by atoms with E-state index in [1.807, 2.05) is 30.3 Å². The van der Waals surface area contributed by atoms with Gasteiger partial charge in [-0.1, -0.05) is 58.0 Å². The SMILES string of the molecule is COc1ccc(/C=C/C(=O)Nc2c(C(C)C)cccc2C(C)C)cc1. The number of amides is 1. The average Bonchev–Trinajstić information content (AvgIpc) is 2.60. The van der Waals surface area contributed by atoms with Gasteiger partial charge in [-0.2, -0.15) is 0 Å². The smallest absolute Gasteiger partial charge is 0.248 e. The predicted octanol–water partition coefficient (Wildman–Crippen LogP) is 5.59. The second-order valence-electron chi connectivity index (χ2n) is 6.72. The molecule has 0 heterocycles. The quantitative estimate of drug-likeness (QED) is 0.697. The maximum Gasteiger partial charge on any atom is 0.248 e. The third kappa shape index (κ3) is 4.96. The van der Waals surface area contributed by atoms with Gasteiger partial charge in [0.05, 0.1) is 7.11 Å². The lowest BCUT2D eigenvalue weighted by Crippen LogP contribution is -2.13. The third-order valence-electron chi connectivity index (χ3n) is 4.16. The maximum atomic E-state index is 12.4. The highest BCUT2D eigenvalue weighted by Crippen LogP contribution is 2.32. The van der Waals surface area contributed by atoms with Gasteiger partial charge in [0, 0.05) is 11.8 Å². The van der Waals surface area contributed by atoms with Crippen LogP contribution in [-0.4, -0.2) is 13.0 Å². The second kappa shape index (κ2) is 8.52. The minimum absolute atomic E-state index is 0.120. The number of carbonyl (C=O) groups is 1. The first-order chi connectivity index (χ1) is 11.9. The van der Waals surface area contributed by atoms with Crippen molar-refractivity contribution in [3.8, 4) is 5.75 Å². The van der Waals surface area contributed by atoms with Crippen molar-refractivity contribution in [2.75, 3.05) is 12.4 Å². The Kier molecular flexibility index (Phi) is 6.40. The van der Waals surface area contributed by atoms with Gasteiger partial charge < -0.3 is 10.1 Å². The first-order valence-corrected chi connectivity index (χ1v) is 8.68. The van der Waals surface area contributed by atoms with Crippen molar-refractivity contribution in [2.45, 2.75) is 39.5 Å². The zero-order chi connectivity index (χ0) is 18.4. The summed E-state index contributed by atoms with van der Waals surface area (Å²) in [6.07, 6.45) is 3.38. The van der Waals surface area contributed by atoms with Crippen LogP contribution < -0.4 is 10.1 Å². The number of rotatable bonds is 6. The van der Waals surface area contributed by atoms with Crippen molar-refractivity contribution in [3.05, 3.63) is 65.2 Å². The number of para-hydroxylation sites is 1. The number of ether oxygens (including phenoxy) is 1. The van der Waals surface area contributed by atoms with Gasteiger partial charge in [-0.3, -0.25) is 4.79 Å². The summed E-state index contributed by atoms with van der Waals surface area (Å²) in [5, 5.41) is 3.08. The lowest BCUT2D eigenvalue weighted by molar-refractivity contribution is -0.111. The molecule has 0 saturated carbocycles. The Hall–Kier alpha value is -2.55. The van der Waals surface area contributed by atoms with Crippen LogP contribution in [0, 0.1) is 0 Å². The van der Waals surface area contributed by atoms with Crippen molar-refractivity contribution in [3.63, 3.8) is 0 Å². The molecule has 0 radical (unpaired) electrons. The van der Waals surface area contributed by atoms with E-state index in [1.165, 1.54) is 0 Å². The van der Waals surface area contributed by atoms with Crippen LogP contribution in [0.2, 0.25) is 0 Å². The summed E-state index contributed by atoms with van der Waals surface area (Å²) >= 11 is 0. The Morgan fingerprint density at radius 1 is 0.960 bits per heavy atom. The Morgan fingerprint density at radius 3 is 2.00 bits per heavy atom. The minimum atomic E-state index is -0.120. The van der Waals surface area contributed by atoms with Crippen molar-refractivity contribution in [1.29, 1.82) is 0 Å². The van der Waals surface area contributed by atoms with Crippen LogP contribution in [-0.2, 0) is 4.79 Å². The fourth-order valence-corrected chi connectivity index (χ4v) is 2.75. The highest BCUT2D eigenvalue weighted by atomic mass is 16.5. The summed E-state index contributed by atoms with van der Waals surface area (Å²) in [6, 6.07) is 13.8. The van der Waals surface area contributed by atoms with Gasteiger partial charge in [-0.15, -0.1) is 0 Å². The normalized spacial score (nSPS) is 11.3. The van der Waals surface area contributed by atoms with E-state index in [9.17, 15) is 4.79 Å². The number of carbonyl (C=O) groups excluding carboxylic acids is 1. The molecule has 0 aliphatic heterocycles. The van der Waals surface area contributed by atoms with E-state index in [0.717, 1.165) is 28.1 Å². The topological polar surface area (TPSA) is 38.3 Å². The molecule has 3 nitrogen and oxygen atoms in total. The predicted molar refractivity (Wildman–Crippen MR) is 105 cm³/mol. The number of hydrogen-bond donors (Lipinski definition) is 1. The zero-order valence-corrected chi connectivity index (χ0v) is 15.7. The van der Waals surface area contributed by atoms with Crippen LogP contribution >= 0.6 is 0 Å².